The van der Waals surface area contributed by atoms with Gasteiger partial charge in [0, 0.05) is 23.5 Å². The second kappa shape index (κ2) is 8.39. The molecule has 0 aliphatic carbocycles. The zero-order chi connectivity index (χ0) is 23.0. The lowest BCUT2D eigenvalue weighted by molar-refractivity contribution is 0.0988. The number of aryl methyl sites for hydroxylation is 1. The molecule has 32 heavy (non-hydrogen) atoms. The monoisotopic (exact) mass is 450 g/mol. The first-order chi connectivity index (χ1) is 15.3. The van der Waals surface area contributed by atoms with Crippen LogP contribution >= 0.6 is 11.6 Å². The molecule has 4 aromatic rings. The Morgan fingerprint density at radius 1 is 1.22 bits per heavy atom. The predicted molar refractivity (Wildman–Crippen MR) is 120 cm³/mol. The zero-order valence-corrected chi connectivity index (χ0v) is 18.3. The van der Waals surface area contributed by atoms with Crippen LogP contribution in [0, 0.1) is 13.8 Å². The van der Waals surface area contributed by atoms with Crippen LogP contribution in [-0.2, 0) is 0 Å². The van der Waals surface area contributed by atoms with Gasteiger partial charge in [0.2, 0.25) is 0 Å². The lowest BCUT2D eigenvalue weighted by Crippen LogP contribution is -2.17. The summed E-state index contributed by atoms with van der Waals surface area (Å²) in [6.07, 6.45) is 3.99. The number of aromatic nitrogens is 3. The van der Waals surface area contributed by atoms with Gasteiger partial charge in [0.05, 0.1) is 11.6 Å². The number of nitrogens with zero attached hydrogens (tertiary/aromatic N) is 3. The van der Waals surface area contributed by atoms with Crippen molar-refractivity contribution in [3.05, 3.63) is 80.6 Å². The number of rotatable bonds is 5. The number of nitrogens with two attached hydrogens (primary N) is 1. The summed E-state index contributed by atoms with van der Waals surface area (Å²) in [7, 11) is 0. The number of ether oxygens (including phenoxy) is 1. The number of fused-ring (bicyclic) bond motifs is 1. The highest BCUT2D eigenvalue weighted by molar-refractivity contribution is 6.29. The average Bonchev–Trinajstić information content (AvgIpc) is 2.77. The van der Waals surface area contributed by atoms with Crippen LogP contribution in [0.3, 0.4) is 0 Å². The first-order valence-electron chi connectivity index (χ1n) is 9.73. The molecular formula is C23H19ClN4O4. The van der Waals surface area contributed by atoms with E-state index < -0.39 is 12.0 Å². The molecule has 162 valence electrons. The maximum atomic E-state index is 13.2. The molecule has 3 aromatic heterocycles. The third-order valence-corrected chi connectivity index (χ3v) is 5.20. The molecule has 1 aromatic carbocycles. The SMILES string of the molecule is Cc1cc(C(C)Oc2ccc(Cl)nc2C(N)=O)c2oc(-c3cnccn3)c(C)c(=O)c2c1. The van der Waals surface area contributed by atoms with Gasteiger partial charge in [0.15, 0.2) is 22.6 Å². The Hall–Kier alpha value is -3.78. The van der Waals surface area contributed by atoms with E-state index in [-0.39, 0.29) is 22.0 Å². The van der Waals surface area contributed by atoms with Gasteiger partial charge in [-0.1, -0.05) is 11.6 Å². The van der Waals surface area contributed by atoms with Crippen molar-refractivity contribution in [1.82, 2.24) is 15.0 Å². The maximum Gasteiger partial charge on any atom is 0.271 e. The number of carbonyl (C=O) groups excluding carboxylic acids is 1. The molecule has 4 rings (SSSR count). The third kappa shape index (κ3) is 3.92. The fraction of sp³-hybridized carbons (Fsp3) is 0.174. The molecule has 1 unspecified atom stereocenters. The van der Waals surface area contributed by atoms with E-state index in [0.29, 0.717) is 33.6 Å². The van der Waals surface area contributed by atoms with E-state index in [1.807, 2.05) is 13.0 Å². The van der Waals surface area contributed by atoms with E-state index in [0.717, 1.165) is 5.56 Å². The van der Waals surface area contributed by atoms with Crippen LogP contribution in [0.1, 0.15) is 40.2 Å². The minimum atomic E-state index is -0.768. The number of benzene rings is 1. The summed E-state index contributed by atoms with van der Waals surface area (Å²) in [6, 6.07) is 6.65. The van der Waals surface area contributed by atoms with Gasteiger partial charge in [-0.3, -0.25) is 14.6 Å². The minimum Gasteiger partial charge on any atom is -0.483 e. The van der Waals surface area contributed by atoms with Crippen molar-refractivity contribution in [2.45, 2.75) is 26.9 Å². The molecule has 0 saturated carbocycles. The molecule has 8 nitrogen and oxygen atoms in total. The van der Waals surface area contributed by atoms with Crippen LogP contribution < -0.4 is 15.9 Å². The summed E-state index contributed by atoms with van der Waals surface area (Å²) < 4.78 is 12.2. The Morgan fingerprint density at radius 2 is 2.00 bits per heavy atom. The Balaban J connectivity index is 1.88. The normalized spacial score (nSPS) is 12.0. The lowest BCUT2D eigenvalue weighted by atomic mass is 10.0. The van der Waals surface area contributed by atoms with Crippen LogP contribution in [0.4, 0.5) is 0 Å². The van der Waals surface area contributed by atoms with Gasteiger partial charge in [0.25, 0.3) is 5.91 Å². The van der Waals surface area contributed by atoms with E-state index in [9.17, 15) is 9.59 Å². The quantitative estimate of drug-likeness (QED) is 0.453. The molecule has 0 aliphatic rings. The van der Waals surface area contributed by atoms with Crippen molar-refractivity contribution in [2.75, 3.05) is 0 Å². The van der Waals surface area contributed by atoms with E-state index in [1.54, 1.807) is 26.1 Å². The fourth-order valence-electron chi connectivity index (χ4n) is 3.48. The van der Waals surface area contributed by atoms with Crippen LogP contribution in [-0.4, -0.2) is 20.9 Å². The highest BCUT2D eigenvalue weighted by atomic mass is 35.5. The van der Waals surface area contributed by atoms with Crippen molar-refractivity contribution >= 4 is 28.5 Å². The highest BCUT2D eigenvalue weighted by Crippen LogP contribution is 2.33. The smallest absolute Gasteiger partial charge is 0.271 e. The van der Waals surface area contributed by atoms with Gasteiger partial charge >= 0.3 is 0 Å². The number of halogens is 1. The Kier molecular flexibility index (Phi) is 5.63. The van der Waals surface area contributed by atoms with E-state index in [4.69, 9.17) is 26.5 Å². The van der Waals surface area contributed by atoms with Crippen molar-refractivity contribution < 1.29 is 13.9 Å². The maximum absolute atomic E-state index is 13.2. The van der Waals surface area contributed by atoms with Crippen molar-refractivity contribution in [1.29, 1.82) is 0 Å². The molecule has 0 aliphatic heterocycles. The molecule has 1 amide bonds. The highest BCUT2D eigenvalue weighted by Gasteiger charge is 2.22. The third-order valence-electron chi connectivity index (χ3n) is 4.99. The Bertz CT molecular complexity index is 1400. The van der Waals surface area contributed by atoms with Crippen molar-refractivity contribution in [3.8, 4) is 17.2 Å². The summed E-state index contributed by atoms with van der Waals surface area (Å²) in [5.41, 5.74) is 7.88. The summed E-state index contributed by atoms with van der Waals surface area (Å²) in [5.74, 6) is -0.262. The van der Waals surface area contributed by atoms with Gasteiger partial charge in [-0.2, -0.15) is 0 Å². The Labute approximate surface area is 188 Å². The molecule has 0 radical (unpaired) electrons. The largest absolute Gasteiger partial charge is 0.483 e. The molecule has 3 heterocycles. The topological polar surface area (TPSA) is 121 Å². The predicted octanol–water partition coefficient (Wildman–Crippen LogP) is 4.15. The van der Waals surface area contributed by atoms with E-state index in [1.165, 1.54) is 24.5 Å². The summed E-state index contributed by atoms with van der Waals surface area (Å²) in [5, 5.41) is 0.542. The van der Waals surface area contributed by atoms with Crippen LogP contribution in [0.25, 0.3) is 22.4 Å². The number of primary amides is 1. The zero-order valence-electron chi connectivity index (χ0n) is 17.5. The molecule has 0 spiro atoms. The molecule has 0 fully saturated rings. The summed E-state index contributed by atoms with van der Waals surface area (Å²) in [6.45, 7) is 5.34. The summed E-state index contributed by atoms with van der Waals surface area (Å²) >= 11 is 5.89. The molecule has 1 atom stereocenters. The first kappa shape index (κ1) is 21.5. The minimum absolute atomic E-state index is 0.0844. The van der Waals surface area contributed by atoms with Crippen molar-refractivity contribution in [2.24, 2.45) is 5.73 Å². The lowest BCUT2D eigenvalue weighted by Gasteiger charge is -2.19. The fourth-order valence-corrected chi connectivity index (χ4v) is 3.63. The number of amides is 1. The Morgan fingerprint density at radius 3 is 2.69 bits per heavy atom. The summed E-state index contributed by atoms with van der Waals surface area (Å²) in [4.78, 5) is 37.2. The molecule has 0 saturated heterocycles. The number of hydrogen-bond donors (Lipinski definition) is 1. The second-order valence-corrected chi connectivity index (χ2v) is 7.70. The van der Waals surface area contributed by atoms with Gasteiger partial charge in [-0.15, -0.1) is 0 Å². The van der Waals surface area contributed by atoms with Gasteiger partial charge in [0.1, 0.15) is 22.5 Å². The standard InChI is InChI=1S/C23H19ClN4O4/c1-11-8-14(13(3)31-17-4-5-18(24)28-19(17)23(25)30)22-15(9-11)20(29)12(2)21(32-22)16-10-26-6-7-27-16/h4-10,13H,1-3H3,(H2,25,30). The van der Waals surface area contributed by atoms with E-state index >= 15 is 0 Å². The number of hydrogen-bond acceptors (Lipinski definition) is 7. The van der Waals surface area contributed by atoms with Crippen molar-refractivity contribution in [3.63, 3.8) is 0 Å². The van der Waals surface area contributed by atoms with Crippen LogP contribution in [0.5, 0.6) is 5.75 Å². The van der Waals surface area contributed by atoms with Gasteiger partial charge < -0.3 is 14.9 Å². The van der Waals surface area contributed by atoms with Crippen LogP contribution in [0.2, 0.25) is 5.15 Å². The average molecular weight is 451 g/mol. The molecular weight excluding hydrogens is 432 g/mol. The van der Waals surface area contributed by atoms with Gasteiger partial charge in [-0.05, 0) is 50.6 Å². The van der Waals surface area contributed by atoms with E-state index in [2.05, 4.69) is 15.0 Å². The number of pyridine rings is 1. The van der Waals surface area contributed by atoms with Gasteiger partial charge in [-0.25, -0.2) is 9.97 Å². The first-order valence-corrected chi connectivity index (χ1v) is 10.1. The molecule has 2 N–H and O–H groups in total. The molecule has 9 heteroatoms. The second-order valence-electron chi connectivity index (χ2n) is 7.31. The van der Waals surface area contributed by atoms with Crippen LogP contribution in [0.15, 0.2) is 52.1 Å². The number of carbonyl (C=O) groups is 1. The molecule has 0 bridgehead atoms.